The Morgan fingerprint density at radius 2 is 1.56 bits per heavy atom. The molecule has 0 aliphatic heterocycles. The minimum Gasteiger partial charge on any atom is -0.465 e. The summed E-state index contributed by atoms with van der Waals surface area (Å²) in [5, 5.41) is 14.2. The van der Waals surface area contributed by atoms with Gasteiger partial charge >= 0.3 is 6.09 Å². The zero-order valence-electron chi connectivity index (χ0n) is 19.4. The molecule has 0 radical (unpaired) electrons. The van der Waals surface area contributed by atoms with Gasteiger partial charge in [0.15, 0.2) is 0 Å². The van der Waals surface area contributed by atoms with Crippen molar-refractivity contribution < 1.29 is 14.7 Å². The first kappa shape index (κ1) is 23.1. The monoisotopic (exact) mass is 455 g/mol. The number of fused-ring (bicyclic) bond motifs is 1. The van der Waals surface area contributed by atoms with Gasteiger partial charge in [-0.1, -0.05) is 78.9 Å². The molecule has 4 aromatic rings. The summed E-state index contributed by atoms with van der Waals surface area (Å²) in [5.74, 6) is -0.317. The van der Waals surface area contributed by atoms with Crippen LogP contribution in [0.3, 0.4) is 0 Å². The second-order valence-corrected chi connectivity index (χ2v) is 8.54. The summed E-state index contributed by atoms with van der Waals surface area (Å²) in [6, 6.07) is 25.8. The average molecular weight is 456 g/mol. The predicted molar refractivity (Wildman–Crippen MR) is 133 cm³/mol. The molecule has 34 heavy (non-hydrogen) atoms. The molecule has 3 aromatic carbocycles. The number of aromatic nitrogens is 1. The maximum absolute atomic E-state index is 13.6. The summed E-state index contributed by atoms with van der Waals surface area (Å²) in [4.78, 5) is 27.2. The maximum atomic E-state index is 13.6. The summed E-state index contributed by atoms with van der Waals surface area (Å²) >= 11 is 0. The number of para-hydroxylation sites is 1. The van der Waals surface area contributed by atoms with Crippen molar-refractivity contribution in [2.24, 2.45) is 7.05 Å². The molecule has 0 aliphatic rings. The molecule has 0 saturated carbocycles. The number of hydrogen-bond acceptors (Lipinski definition) is 2. The van der Waals surface area contributed by atoms with Crippen molar-refractivity contribution in [2.75, 3.05) is 0 Å². The number of hydrogen-bond donors (Lipinski definition) is 2. The molecule has 1 aromatic heterocycles. The van der Waals surface area contributed by atoms with Crippen LogP contribution in [0.15, 0.2) is 91.1 Å². The van der Waals surface area contributed by atoms with Crippen LogP contribution in [0.1, 0.15) is 29.7 Å². The number of nitrogens with one attached hydrogen (secondary N) is 1. The fourth-order valence-electron chi connectivity index (χ4n) is 4.37. The van der Waals surface area contributed by atoms with E-state index in [1.165, 1.54) is 4.90 Å². The summed E-state index contributed by atoms with van der Waals surface area (Å²) in [7, 11) is 1.96. The highest BCUT2D eigenvalue weighted by Crippen LogP contribution is 2.24. The van der Waals surface area contributed by atoms with E-state index in [4.69, 9.17) is 0 Å². The fraction of sp³-hybridized carbons (Fsp3) is 0.214. The van der Waals surface area contributed by atoms with E-state index < -0.39 is 12.1 Å². The number of aryl methyl sites for hydroxylation is 1. The molecule has 0 aliphatic carbocycles. The molecule has 2 atom stereocenters. The lowest BCUT2D eigenvalue weighted by Crippen LogP contribution is -2.50. The van der Waals surface area contributed by atoms with E-state index in [9.17, 15) is 14.7 Å². The molecule has 2 N–H and O–H groups in total. The van der Waals surface area contributed by atoms with Crippen LogP contribution in [0.4, 0.5) is 4.79 Å². The Morgan fingerprint density at radius 3 is 2.24 bits per heavy atom. The van der Waals surface area contributed by atoms with Crippen molar-refractivity contribution in [1.82, 2.24) is 14.8 Å². The van der Waals surface area contributed by atoms with Gasteiger partial charge in [0.2, 0.25) is 5.91 Å². The topological polar surface area (TPSA) is 74.6 Å². The summed E-state index contributed by atoms with van der Waals surface area (Å²) in [6.07, 6.45) is 1.12. The third-order valence-corrected chi connectivity index (χ3v) is 6.17. The van der Waals surface area contributed by atoms with Crippen molar-refractivity contribution in [2.45, 2.75) is 32.0 Å². The third-order valence-electron chi connectivity index (χ3n) is 6.17. The normalized spacial score (nSPS) is 12.8. The van der Waals surface area contributed by atoms with Crippen molar-refractivity contribution >= 4 is 22.9 Å². The molecule has 6 heteroatoms. The van der Waals surface area contributed by atoms with E-state index in [2.05, 4.69) is 5.32 Å². The van der Waals surface area contributed by atoms with Crippen LogP contribution in [-0.4, -0.2) is 32.6 Å². The highest BCUT2D eigenvalue weighted by atomic mass is 16.4. The SMILES string of the molecule is CC(NC(=O)C(Cc1cn(C)c2ccccc12)N(Cc1ccccc1)C(=O)O)c1ccccc1. The molecule has 0 bridgehead atoms. The van der Waals surface area contributed by atoms with Gasteiger partial charge in [-0.25, -0.2) is 4.79 Å². The van der Waals surface area contributed by atoms with Gasteiger partial charge in [0.1, 0.15) is 6.04 Å². The van der Waals surface area contributed by atoms with Gasteiger partial charge in [0.05, 0.1) is 6.04 Å². The first-order chi connectivity index (χ1) is 16.4. The Labute approximate surface area is 199 Å². The largest absolute Gasteiger partial charge is 0.465 e. The Hall–Kier alpha value is -4.06. The molecule has 0 spiro atoms. The molecule has 174 valence electrons. The second kappa shape index (κ2) is 10.3. The zero-order valence-corrected chi connectivity index (χ0v) is 19.4. The molecule has 2 amide bonds. The molecule has 4 rings (SSSR count). The van der Waals surface area contributed by atoms with Crippen molar-refractivity contribution in [3.05, 3.63) is 108 Å². The van der Waals surface area contributed by atoms with E-state index >= 15 is 0 Å². The van der Waals surface area contributed by atoms with Gasteiger partial charge in [-0.15, -0.1) is 0 Å². The fourth-order valence-corrected chi connectivity index (χ4v) is 4.37. The Morgan fingerprint density at radius 1 is 0.941 bits per heavy atom. The number of carboxylic acid groups (broad SMARTS) is 1. The van der Waals surface area contributed by atoms with E-state index in [-0.39, 0.29) is 24.9 Å². The Bertz CT molecular complexity index is 1270. The van der Waals surface area contributed by atoms with Gasteiger partial charge in [0.25, 0.3) is 0 Å². The number of carbonyl (C=O) groups excluding carboxylic acids is 1. The molecule has 1 heterocycles. The van der Waals surface area contributed by atoms with Gasteiger partial charge in [-0.2, -0.15) is 0 Å². The number of rotatable bonds is 8. The minimum atomic E-state index is -1.13. The number of nitrogens with zero attached hydrogens (tertiary/aromatic N) is 2. The average Bonchev–Trinajstić information content (AvgIpc) is 3.17. The minimum absolute atomic E-state index is 0.124. The van der Waals surface area contributed by atoms with Gasteiger partial charge in [-0.05, 0) is 29.7 Å². The van der Waals surface area contributed by atoms with E-state index in [0.717, 1.165) is 27.6 Å². The Balaban J connectivity index is 1.68. The van der Waals surface area contributed by atoms with Crippen molar-refractivity contribution in [3.8, 4) is 0 Å². The lowest BCUT2D eigenvalue weighted by atomic mass is 10.0. The van der Waals surface area contributed by atoms with Gasteiger partial charge in [0, 0.05) is 37.1 Å². The van der Waals surface area contributed by atoms with E-state index in [0.29, 0.717) is 0 Å². The van der Waals surface area contributed by atoms with Gasteiger partial charge in [-0.3, -0.25) is 9.69 Å². The smallest absolute Gasteiger partial charge is 0.408 e. The lowest BCUT2D eigenvalue weighted by Gasteiger charge is -2.30. The molecule has 6 nitrogen and oxygen atoms in total. The number of amides is 2. The van der Waals surface area contributed by atoms with Gasteiger partial charge < -0.3 is 15.0 Å². The highest BCUT2D eigenvalue weighted by Gasteiger charge is 2.32. The lowest BCUT2D eigenvalue weighted by molar-refractivity contribution is -0.126. The van der Waals surface area contributed by atoms with Crippen LogP contribution >= 0.6 is 0 Å². The summed E-state index contributed by atoms with van der Waals surface area (Å²) < 4.78 is 2.01. The van der Waals surface area contributed by atoms with Crippen LogP contribution < -0.4 is 5.32 Å². The highest BCUT2D eigenvalue weighted by molar-refractivity contribution is 5.88. The molecule has 0 fully saturated rings. The zero-order chi connectivity index (χ0) is 24.1. The summed E-state index contributed by atoms with van der Waals surface area (Å²) in [6.45, 7) is 2.03. The first-order valence-electron chi connectivity index (χ1n) is 11.4. The van der Waals surface area contributed by atoms with E-state index in [1.807, 2.05) is 110 Å². The third kappa shape index (κ3) is 5.12. The standard InChI is InChI=1S/C28H29N3O3/c1-20(22-13-7-4-8-14-22)29-27(32)26(31(28(33)34)18-21-11-5-3-6-12-21)17-23-19-30(2)25-16-10-9-15-24(23)25/h3-16,19-20,26H,17-18H2,1-2H3,(H,29,32)(H,33,34). The van der Waals surface area contributed by atoms with Crippen LogP contribution in [-0.2, 0) is 24.8 Å². The van der Waals surface area contributed by atoms with Crippen molar-refractivity contribution in [3.63, 3.8) is 0 Å². The molecule has 0 saturated heterocycles. The number of carbonyl (C=O) groups is 2. The quantitative estimate of drug-likeness (QED) is 0.386. The Kier molecular flexibility index (Phi) is 6.97. The summed E-state index contributed by atoms with van der Waals surface area (Å²) in [5.41, 5.74) is 3.77. The molecule has 2 unspecified atom stereocenters. The first-order valence-corrected chi connectivity index (χ1v) is 11.4. The van der Waals surface area contributed by atoms with Crippen LogP contribution in [0.25, 0.3) is 10.9 Å². The number of benzene rings is 3. The predicted octanol–water partition coefficient (Wildman–Crippen LogP) is 5.15. The molecular formula is C28H29N3O3. The second-order valence-electron chi connectivity index (χ2n) is 8.54. The molecular weight excluding hydrogens is 426 g/mol. The van der Waals surface area contributed by atoms with Crippen LogP contribution in [0.2, 0.25) is 0 Å². The van der Waals surface area contributed by atoms with Crippen LogP contribution in [0, 0.1) is 0 Å². The van der Waals surface area contributed by atoms with Crippen LogP contribution in [0.5, 0.6) is 0 Å². The van der Waals surface area contributed by atoms with E-state index in [1.54, 1.807) is 0 Å². The maximum Gasteiger partial charge on any atom is 0.408 e. The van der Waals surface area contributed by atoms with Crippen molar-refractivity contribution in [1.29, 1.82) is 0 Å².